The average molecular weight is 381 g/mol. The summed E-state index contributed by atoms with van der Waals surface area (Å²) in [6.45, 7) is 8.43. The summed E-state index contributed by atoms with van der Waals surface area (Å²) in [7, 11) is 0. The van der Waals surface area contributed by atoms with Crippen molar-refractivity contribution in [2.45, 2.75) is 38.8 Å². The highest BCUT2D eigenvalue weighted by molar-refractivity contribution is 7.99. The van der Waals surface area contributed by atoms with Crippen molar-refractivity contribution in [3.05, 3.63) is 65.5 Å². The van der Waals surface area contributed by atoms with Crippen LogP contribution in [0.2, 0.25) is 0 Å². The third-order valence-corrected chi connectivity index (χ3v) is 5.40. The van der Waals surface area contributed by atoms with Crippen LogP contribution in [-0.4, -0.2) is 26.4 Å². The molecule has 1 N–H and O–H groups in total. The van der Waals surface area contributed by atoms with Crippen LogP contribution in [0.5, 0.6) is 0 Å². The molecule has 0 spiro atoms. The average Bonchev–Trinajstić information content (AvgIpc) is 3.11. The first-order valence-corrected chi connectivity index (χ1v) is 9.93. The van der Waals surface area contributed by atoms with E-state index in [1.165, 1.54) is 28.5 Å². The van der Waals surface area contributed by atoms with E-state index >= 15 is 0 Å². The molecule has 3 aromatic rings. The molecule has 1 heterocycles. The van der Waals surface area contributed by atoms with Gasteiger partial charge in [0.05, 0.1) is 5.75 Å². The van der Waals surface area contributed by atoms with Crippen molar-refractivity contribution < 1.29 is 4.79 Å². The van der Waals surface area contributed by atoms with E-state index in [4.69, 9.17) is 0 Å². The number of carbonyl (C=O) groups is 1. The van der Waals surface area contributed by atoms with Gasteiger partial charge in [-0.05, 0) is 60.7 Å². The summed E-state index contributed by atoms with van der Waals surface area (Å²) >= 11 is 1.37. The van der Waals surface area contributed by atoms with Crippen LogP contribution in [0, 0.1) is 13.8 Å². The van der Waals surface area contributed by atoms with E-state index < -0.39 is 0 Å². The van der Waals surface area contributed by atoms with Gasteiger partial charge >= 0.3 is 0 Å². The van der Waals surface area contributed by atoms with Crippen molar-refractivity contribution in [2.24, 2.45) is 0 Å². The number of aryl methyl sites for hydroxylation is 2. The van der Waals surface area contributed by atoms with Gasteiger partial charge in [-0.3, -0.25) is 9.36 Å². The van der Waals surface area contributed by atoms with Crippen LogP contribution in [-0.2, 0) is 4.79 Å². The highest BCUT2D eigenvalue weighted by Gasteiger charge is 2.11. The zero-order chi connectivity index (χ0) is 19.4. The largest absolute Gasteiger partial charge is 0.325 e. The Morgan fingerprint density at radius 3 is 2.70 bits per heavy atom. The Bertz CT molecular complexity index is 949. The third-order valence-electron chi connectivity index (χ3n) is 4.45. The first kappa shape index (κ1) is 19.2. The van der Waals surface area contributed by atoms with Gasteiger partial charge in [-0.25, -0.2) is 0 Å². The van der Waals surface area contributed by atoms with Crippen LogP contribution in [0.3, 0.4) is 0 Å². The highest BCUT2D eigenvalue weighted by Crippen LogP contribution is 2.22. The molecule has 1 aromatic heterocycles. The predicted molar refractivity (Wildman–Crippen MR) is 111 cm³/mol. The summed E-state index contributed by atoms with van der Waals surface area (Å²) in [5.41, 5.74) is 5.47. The molecule has 0 atom stereocenters. The fourth-order valence-electron chi connectivity index (χ4n) is 2.68. The maximum atomic E-state index is 12.3. The van der Waals surface area contributed by atoms with Crippen LogP contribution in [0.25, 0.3) is 5.69 Å². The molecule has 0 aliphatic rings. The Balaban J connectivity index is 1.65. The molecular weight excluding hydrogens is 356 g/mol. The fourth-order valence-corrected chi connectivity index (χ4v) is 3.41. The maximum Gasteiger partial charge on any atom is 0.234 e. The topological polar surface area (TPSA) is 59.8 Å². The van der Waals surface area contributed by atoms with E-state index in [0.717, 1.165) is 11.4 Å². The second kappa shape index (κ2) is 8.39. The molecule has 27 heavy (non-hydrogen) atoms. The van der Waals surface area contributed by atoms with Crippen LogP contribution in [0.1, 0.15) is 36.5 Å². The number of anilines is 1. The molecule has 1 amide bonds. The lowest BCUT2D eigenvalue weighted by Crippen LogP contribution is -2.14. The van der Waals surface area contributed by atoms with Crippen LogP contribution >= 0.6 is 11.8 Å². The molecule has 2 aromatic carbocycles. The van der Waals surface area contributed by atoms with E-state index in [0.29, 0.717) is 11.1 Å². The number of carbonyl (C=O) groups excluding carboxylic acids is 1. The Morgan fingerprint density at radius 1 is 1.15 bits per heavy atom. The van der Waals surface area contributed by atoms with Gasteiger partial charge in [-0.1, -0.05) is 43.8 Å². The Labute approximate surface area is 164 Å². The normalized spacial score (nSPS) is 11.0. The molecule has 5 nitrogen and oxygen atoms in total. The molecule has 6 heteroatoms. The molecule has 140 valence electrons. The summed E-state index contributed by atoms with van der Waals surface area (Å²) in [4.78, 5) is 12.3. The SMILES string of the molecule is Cc1ccc(-n2cnnc2SCC(=O)Nc2cccc(C(C)C)c2)cc1C. The quantitative estimate of drug-likeness (QED) is 0.628. The van der Waals surface area contributed by atoms with E-state index in [1.54, 1.807) is 6.33 Å². The minimum atomic E-state index is -0.0597. The molecule has 0 aliphatic heterocycles. The number of hydrogen-bond acceptors (Lipinski definition) is 4. The minimum Gasteiger partial charge on any atom is -0.325 e. The molecular formula is C21H24N4OS. The van der Waals surface area contributed by atoms with Crippen molar-refractivity contribution in [2.75, 3.05) is 11.1 Å². The van der Waals surface area contributed by atoms with Crippen LogP contribution in [0.15, 0.2) is 53.9 Å². The Hall–Kier alpha value is -2.60. The van der Waals surface area contributed by atoms with Gasteiger partial charge in [0.1, 0.15) is 6.33 Å². The Kier molecular flexibility index (Phi) is 5.96. The third kappa shape index (κ3) is 4.77. The first-order valence-electron chi connectivity index (χ1n) is 8.94. The van der Waals surface area contributed by atoms with Gasteiger partial charge in [0.2, 0.25) is 5.91 Å². The molecule has 0 aliphatic carbocycles. The summed E-state index contributed by atoms with van der Waals surface area (Å²) in [5.74, 6) is 0.637. The zero-order valence-corrected chi connectivity index (χ0v) is 16.9. The van der Waals surface area contributed by atoms with Crippen molar-refractivity contribution in [1.29, 1.82) is 0 Å². The number of amides is 1. The minimum absolute atomic E-state index is 0.0597. The lowest BCUT2D eigenvalue weighted by molar-refractivity contribution is -0.113. The molecule has 0 radical (unpaired) electrons. The summed E-state index contributed by atoms with van der Waals surface area (Å²) < 4.78 is 1.91. The molecule has 0 unspecified atom stereocenters. The van der Waals surface area contributed by atoms with Gasteiger partial charge in [0.25, 0.3) is 0 Å². The Morgan fingerprint density at radius 2 is 1.96 bits per heavy atom. The van der Waals surface area contributed by atoms with Gasteiger partial charge < -0.3 is 5.32 Å². The predicted octanol–water partition coefficient (Wildman–Crippen LogP) is 4.74. The standard InChI is InChI=1S/C21H24N4OS/c1-14(2)17-6-5-7-18(11-17)23-20(26)12-27-21-24-22-13-25(21)19-9-8-15(3)16(4)10-19/h5-11,13-14H,12H2,1-4H3,(H,23,26). The first-order chi connectivity index (χ1) is 12.9. The lowest BCUT2D eigenvalue weighted by atomic mass is 10.0. The van der Waals surface area contributed by atoms with E-state index in [2.05, 4.69) is 61.4 Å². The number of aromatic nitrogens is 3. The lowest BCUT2D eigenvalue weighted by Gasteiger charge is -2.10. The summed E-state index contributed by atoms with van der Waals surface area (Å²) in [6, 6.07) is 14.2. The van der Waals surface area contributed by atoms with E-state index in [9.17, 15) is 4.79 Å². The van der Waals surface area contributed by atoms with Crippen LogP contribution < -0.4 is 5.32 Å². The smallest absolute Gasteiger partial charge is 0.234 e. The summed E-state index contributed by atoms with van der Waals surface area (Å²) in [5, 5.41) is 11.8. The van der Waals surface area contributed by atoms with Gasteiger partial charge in [-0.15, -0.1) is 10.2 Å². The van der Waals surface area contributed by atoms with Crippen molar-refractivity contribution >= 4 is 23.4 Å². The summed E-state index contributed by atoms with van der Waals surface area (Å²) in [6.07, 6.45) is 1.68. The molecule has 0 bridgehead atoms. The van der Waals surface area contributed by atoms with E-state index in [1.807, 2.05) is 28.8 Å². The molecule has 0 saturated carbocycles. The number of rotatable bonds is 6. The van der Waals surface area contributed by atoms with Crippen molar-refractivity contribution in [3.63, 3.8) is 0 Å². The number of thioether (sulfide) groups is 1. The highest BCUT2D eigenvalue weighted by atomic mass is 32.2. The second-order valence-electron chi connectivity index (χ2n) is 6.87. The second-order valence-corrected chi connectivity index (χ2v) is 7.81. The number of nitrogens with zero attached hydrogens (tertiary/aromatic N) is 3. The fraction of sp³-hybridized carbons (Fsp3) is 0.286. The van der Waals surface area contributed by atoms with Gasteiger partial charge in [-0.2, -0.15) is 0 Å². The molecule has 0 fully saturated rings. The van der Waals surface area contributed by atoms with Crippen LogP contribution in [0.4, 0.5) is 5.69 Å². The van der Waals surface area contributed by atoms with E-state index in [-0.39, 0.29) is 11.7 Å². The van der Waals surface area contributed by atoms with Crippen molar-refractivity contribution in [3.8, 4) is 5.69 Å². The van der Waals surface area contributed by atoms with Crippen molar-refractivity contribution in [1.82, 2.24) is 14.8 Å². The monoisotopic (exact) mass is 380 g/mol. The number of nitrogens with one attached hydrogen (secondary N) is 1. The molecule has 3 rings (SSSR count). The zero-order valence-electron chi connectivity index (χ0n) is 16.1. The van der Waals surface area contributed by atoms with Gasteiger partial charge in [0, 0.05) is 11.4 Å². The number of hydrogen-bond donors (Lipinski definition) is 1. The molecule has 0 saturated heterocycles. The van der Waals surface area contributed by atoms with Gasteiger partial charge in [0.15, 0.2) is 5.16 Å². The number of benzene rings is 2. The maximum absolute atomic E-state index is 12.3.